The minimum absolute atomic E-state index is 0.0495. The Hall–Kier alpha value is -2.96. The molecule has 0 fully saturated rings. The molecule has 2 aromatic carbocycles. The molecule has 5 nitrogen and oxygen atoms in total. The summed E-state index contributed by atoms with van der Waals surface area (Å²) in [6, 6.07) is 4.98. The highest BCUT2D eigenvalue weighted by Crippen LogP contribution is 2.24. The lowest BCUT2D eigenvalue weighted by atomic mass is 9.99. The van der Waals surface area contributed by atoms with Gasteiger partial charge in [-0.05, 0) is 48.2 Å². The zero-order chi connectivity index (χ0) is 18.6. The molecule has 0 atom stereocenters. The predicted molar refractivity (Wildman–Crippen MR) is 91.6 cm³/mol. The molecule has 0 spiro atoms. The molecule has 0 heterocycles. The second-order valence-electron chi connectivity index (χ2n) is 5.44. The number of carboxylic acid groups (broad SMARTS) is 1. The van der Waals surface area contributed by atoms with Gasteiger partial charge >= 0.3 is 5.97 Å². The Morgan fingerprint density at radius 1 is 1.00 bits per heavy atom. The van der Waals surface area contributed by atoms with Crippen molar-refractivity contribution in [3.8, 4) is 0 Å². The number of hydrogen-bond donors (Lipinski definition) is 3. The standard InChI is InChI=1S/C18H18F2N2O3/c1-21-16-7-11(14(19)6-12(16)9-23)4-3-10-5-13(18(24)25)17(22-2)8-15(10)20/h5-9,21-22H,3-4H2,1-2H3,(H,24,25). The van der Waals surface area contributed by atoms with Gasteiger partial charge in [-0.1, -0.05) is 0 Å². The Morgan fingerprint density at radius 2 is 1.56 bits per heavy atom. The highest BCUT2D eigenvalue weighted by atomic mass is 19.1. The molecule has 0 amide bonds. The average molecular weight is 348 g/mol. The van der Waals surface area contributed by atoms with E-state index in [0.29, 0.717) is 17.5 Å². The number of benzene rings is 2. The molecule has 0 aromatic heterocycles. The second kappa shape index (κ2) is 7.74. The van der Waals surface area contributed by atoms with Crippen molar-refractivity contribution in [2.24, 2.45) is 0 Å². The van der Waals surface area contributed by atoms with E-state index in [2.05, 4.69) is 10.6 Å². The zero-order valence-electron chi connectivity index (χ0n) is 13.8. The molecule has 132 valence electrons. The lowest BCUT2D eigenvalue weighted by molar-refractivity contribution is 0.0697. The number of aryl methyl sites for hydroxylation is 2. The van der Waals surface area contributed by atoms with Crippen molar-refractivity contribution in [1.82, 2.24) is 0 Å². The van der Waals surface area contributed by atoms with Crippen molar-refractivity contribution >= 4 is 23.6 Å². The number of carbonyl (C=O) groups is 2. The molecule has 7 heteroatoms. The maximum Gasteiger partial charge on any atom is 0.337 e. The first-order chi connectivity index (χ1) is 11.9. The Balaban J connectivity index is 2.31. The van der Waals surface area contributed by atoms with Crippen molar-refractivity contribution < 1.29 is 23.5 Å². The minimum Gasteiger partial charge on any atom is -0.478 e. The lowest BCUT2D eigenvalue weighted by Crippen LogP contribution is -2.07. The molecule has 2 aromatic rings. The van der Waals surface area contributed by atoms with Crippen LogP contribution in [0.1, 0.15) is 31.8 Å². The third-order valence-corrected chi connectivity index (χ3v) is 3.96. The summed E-state index contributed by atoms with van der Waals surface area (Å²) >= 11 is 0. The van der Waals surface area contributed by atoms with Crippen LogP contribution in [0.5, 0.6) is 0 Å². The summed E-state index contributed by atoms with van der Waals surface area (Å²) in [6.45, 7) is 0. The van der Waals surface area contributed by atoms with Crippen LogP contribution in [0.3, 0.4) is 0 Å². The van der Waals surface area contributed by atoms with Gasteiger partial charge in [-0.25, -0.2) is 13.6 Å². The minimum atomic E-state index is -1.18. The van der Waals surface area contributed by atoms with Crippen molar-refractivity contribution in [3.05, 3.63) is 58.2 Å². The number of aldehydes is 1. The van der Waals surface area contributed by atoms with Crippen LogP contribution in [0.4, 0.5) is 20.2 Å². The van der Waals surface area contributed by atoms with Crippen molar-refractivity contribution in [2.75, 3.05) is 24.7 Å². The first kappa shape index (κ1) is 18.4. The third-order valence-electron chi connectivity index (χ3n) is 3.96. The highest BCUT2D eigenvalue weighted by molar-refractivity contribution is 5.94. The van der Waals surface area contributed by atoms with Gasteiger partial charge in [0.25, 0.3) is 0 Å². The molecule has 0 aliphatic heterocycles. The largest absolute Gasteiger partial charge is 0.478 e. The predicted octanol–water partition coefficient (Wildman–Crippen LogP) is 3.34. The maximum atomic E-state index is 14.2. The molecular weight excluding hydrogens is 330 g/mol. The van der Waals surface area contributed by atoms with E-state index in [1.807, 2.05) is 0 Å². The molecule has 25 heavy (non-hydrogen) atoms. The summed E-state index contributed by atoms with van der Waals surface area (Å²) in [5.74, 6) is -2.30. The van der Waals surface area contributed by atoms with E-state index >= 15 is 0 Å². The van der Waals surface area contributed by atoms with Crippen LogP contribution in [-0.4, -0.2) is 31.5 Å². The Labute approximate surface area is 143 Å². The van der Waals surface area contributed by atoms with Gasteiger partial charge in [-0.3, -0.25) is 4.79 Å². The number of nitrogens with one attached hydrogen (secondary N) is 2. The van der Waals surface area contributed by atoms with Crippen molar-refractivity contribution in [1.29, 1.82) is 0 Å². The first-order valence-corrected chi connectivity index (χ1v) is 7.60. The average Bonchev–Trinajstić information content (AvgIpc) is 2.60. The topological polar surface area (TPSA) is 78.4 Å². The van der Waals surface area contributed by atoms with E-state index in [0.717, 1.165) is 12.1 Å². The van der Waals surface area contributed by atoms with Gasteiger partial charge in [-0.15, -0.1) is 0 Å². The monoisotopic (exact) mass is 348 g/mol. The molecular formula is C18H18F2N2O3. The summed E-state index contributed by atoms with van der Waals surface area (Å²) in [4.78, 5) is 22.2. The fourth-order valence-corrected chi connectivity index (χ4v) is 2.60. The fraction of sp³-hybridized carbons (Fsp3) is 0.222. The normalized spacial score (nSPS) is 10.4. The SMILES string of the molecule is CNc1cc(CCc2cc(C(=O)O)c(NC)cc2F)c(F)cc1C=O. The Kier molecular flexibility index (Phi) is 5.69. The molecule has 0 bridgehead atoms. The molecule has 2 rings (SSSR count). The summed E-state index contributed by atoms with van der Waals surface area (Å²) < 4.78 is 28.3. The van der Waals surface area contributed by atoms with Gasteiger partial charge in [0, 0.05) is 25.3 Å². The van der Waals surface area contributed by atoms with E-state index in [-0.39, 0.29) is 35.2 Å². The molecule has 0 saturated heterocycles. The van der Waals surface area contributed by atoms with Gasteiger partial charge in [0.2, 0.25) is 0 Å². The van der Waals surface area contributed by atoms with E-state index < -0.39 is 17.6 Å². The molecule has 0 aliphatic rings. The molecule has 0 radical (unpaired) electrons. The molecule has 0 saturated carbocycles. The van der Waals surface area contributed by atoms with Crippen molar-refractivity contribution in [3.63, 3.8) is 0 Å². The number of carboxylic acids is 1. The maximum absolute atomic E-state index is 14.2. The van der Waals surface area contributed by atoms with E-state index in [4.69, 9.17) is 0 Å². The zero-order valence-corrected chi connectivity index (χ0v) is 13.8. The van der Waals surface area contributed by atoms with Gasteiger partial charge in [0.05, 0.1) is 11.3 Å². The van der Waals surface area contributed by atoms with Crippen LogP contribution < -0.4 is 10.6 Å². The number of halogens is 2. The molecule has 3 N–H and O–H groups in total. The van der Waals surface area contributed by atoms with Gasteiger partial charge in [-0.2, -0.15) is 0 Å². The summed E-state index contributed by atoms with van der Waals surface area (Å²) in [5.41, 5.74) is 1.29. The molecule has 0 aliphatic carbocycles. The van der Waals surface area contributed by atoms with Crippen LogP contribution >= 0.6 is 0 Å². The van der Waals surface area contributed by atoms with Gasteiger partial charge in [0.15, 0.2) is 6.29 Å². The first-order valence-electron chi connectivity index (χ1n) is 7.60. The van der Waals surface area contributed by atoms with Crippen LogP contribution in [0, 0.1) is 11.6 Å². The van der Waals surface area contributed by atoms with Crippen LogP contribution in [0.2, 0.25) is 0 Å². The highest BCUT2D eigenvalue weighted by Gasteiger charge is 2.15. The smallest absolute Gasteiger partial charge is 0.337 e. The number of rotatable bonds is 7. The summed E-state index contributed by atoms with van der Waals surface area (Å²) in [6.07, 6.45) is 0.832. The Bertz CT molecular complexity index is 822. The van der Waals surface area contributed by atoms with Crippen molar-refractivity contribution in [2.45, 2.75) is 12.8 Å². The van der Waals surface area contributed by atoms with Crippen LogP contribution in [0.15, 0.2) is 24.3 Å². The molecule has 0 unspecified atom stereocenters. The van der Waals surface area contributed by atoms with Gasteiger partial charge < -0.3 is 15.7 Å². The van der Waals surface area contributed by atoms with E-state index in [9.17, 15) is 23.5 Å². The van der Waals surface area contributed by atoms with Crippen LogP contribution in [0.25, 0.3) is 0 Å². The number of carbonyl (C=O) groups excluding carboxylic acids is 1. The van der Waals surface area contributed by atoms with Crippen LogP contribution in [-0.2, 0) is 12.8 Å². The number of hydrogen-bond acceptors (Lipinski definition) is 4. The quantitative estimate of drug-likeness (QED) is 0.669. The summed E-state index contributed by atoms with van der Waals surface area (Å²) in [5, 5.41) is 14.6. The Morgan fingerprint density at radius 3 is 2.08 bits per heavy atom. The van der Waals surface area contributed by atoms with E-state index in [1.165, 1.54) is 19.2 Å². The third kappa shape index (κ3) is 3.93. The summed E-state index contributed by atoms with van der Waals surface area (Å²) in [7, 11) is 3.11. The lowest BCUT2D eigenvalue weighted by Gasteiger charge is -2.12. The number of anilines is 2. The number of aromatic carboxylic acids is 1. The van der Waals surface area contributed by atoms with E-state index in [1.54, 1.807) is 7.05 Å². The second-order valence-corrected chi connectivity index (χ2v) is 5.44. The fourth-order valence-electron chi connectivity index (χ4n) is 2.60. The van der Waals surface area contributed by atoms with Gasteiger partial charge in [0.1, 0.15) is 11.6 Å².